The van der Waals surface area contributed by atoms with Crippen molar-refractivity contribution in [1.29, 1.82) is 0 Å². The minimum absolute atomic E-state index is 0.127. The molecule has 0 heterocycles. The van der Waals surface area contributed by atoms with E-state index in [-0.39, 0.29) is 24.4 Å². The number of amides is 2. The fourth-order valence-electron chi connectivity index (χ4n) is 2.14. The minimum Gasteiger partial charge on any atom is -0.348 e. The highest BCUT2D eigenvalue weighted by Gasteiger charge is 2.42. The van der Waals surface area contributed by atoms with Crippen LogP contribution in [-0.4, -0.2) is 24.0 Å². The van der Waals surface area contributed by atoms with E-state index in [9.17, 15) is 22.8 Å². The average molecular weight is 356 g/mol. The smallest absolute Gasteiger partial charge is 0.348 e. The highest BCUT2D eigenvalue weighted by Crippen LogP contribution is 2.30. The molecule has 0 aliphatic heterocycles. The molecule has 0 aliphatic rings. The van der Waals surface area contributed by atoms with Crippen LogP contribution in [-0.2, 0) is 11.3 Å². The standard InChI is InChI=1S/C18H23F3N2O2/c1-5-15(24)22-11-12-6-8-13(9-7-12)16(25)23-14(18(19,20)21)10-17(2,3)4/h5-9,14H,1,10-11H2,2-4H3,(H,22,24)(H,23,25). The Morgan fingerprint density at radius 1 is 1.16 bits per heavy atom. The second-order valence-corrected chi connectivity index (χ2v) is 6.95. The predicted molar refractivity (Wildman–Crippen MR) is 89.9 cm³/mol. The largest absolute Gasteiger partial charge is 0.408 e. The van der Waals surface area contributed by atoms with E-state index in [1.54, 1.807) is 32.9 Å². The third-order valence-corrected chi connectivity index (χ3v) is 3.39. The van der Waals surface area contributed by atoms with Crippen LogP contribution in [0, 0.1) is 5.41 Å². The molecule has 1 aromatic carbocycles. The Labute approximate surface area is 145 Å². The first-order valence-electron chi connectivity index (χ1n) is 7.79. The van der Waals surface area contributed by atoms with Crippen molar-refractivity contribution >= 4 is 11.8 Å². The summed E-state index contributed by atoms with van der Waals surface area (Å²) in [4.78, 5) is 23.2. The van der Waals surface area contributed by atoms with Crippen LogP contribution in [0.25, 0.3) is 0 Å². The van der Waals surface area contributed by atoms with Gasteiger partial charge in [0, 0.05) is 12.1 Å². The van der Waals surface area contributed by atoms with Crippen molar-refractivity contribution in [2.75, 3.05) is 0 Å². The summed E-state index contributed by atoms with van der Waals surface area (Å²) < 4.78 is 39.4. The van der Waals surface area contributed by atoms with E-state index in [4.69, 9.17) is 0 Å². The molecule has 2 N–H and O–H groups in total. The van der Waals surface area contributed by atoms with Crippen LogP contribution in [0.4, 0.5) is 13.2 Å². The van der Waals surface area contributed by atoms with Gasteiger partial charge in [0.1, 0.15) is 6.04 Å². The molecule has 0 radical (unpaired) electrons. The van der Waals surface area contributed by atoms with Gasteiger partial charge in [-0.05, 0) is 35.6 Å². The average Bonchev–Trinajstić information content (AvgIpc) is 2.50. The van der Waals surface area contributed by atoms with Gasteiger partial charge in [-0.2, -0.15) is 13.2 Å². The summed E-state index contributed by atoms with van der Waals surface area (Å²) in [5, 5.41) is 4.63. The monoisotopic (exact) mass is 356 g/mol. The van der Waals surface area contributed by atoms with Gasteiger partial charge in [0.05, 0.1) is 0 Å². The second-order valence-electron chi connectivity index (χ2n) is 6.95. The Morgan fingerprint density at radius 2 is 1.72 bits per heavy atom. The van der Waals surface area contributed by atoms with Crippen LogP contribution < -0.4 is 10.6 Å². The van der Waals surface area contributed by atoms with E-state index in [0.29, 0.717) is 5.56 Å². The summed E-state index contributed by atoms with van der Waals surface area (Å²) in [6, 6.07) is 4.09. The van der Waals surface area contributed by atoms with Crippen molar-refractivity contribution in [3.63, 3.8) is 0 Å². The van der Waals surface area contributed by atoms with E-state index in [0.717, 1.165) is 6.08 Å². The first kappa shape index (κ1) is 20.7. The lowest BCUT2D eigenvalue weighted by molar-refractivity contribution is -0.159. The van der Waals surface area contributed by atoms with E-state index in [2.05, 4.69) is 17.2 Å². The van der Waals surface area contributed by atoms with Gasteiger partial charge < -0.3 is 10.6 Å². The molecule has 1 rings (SSSR count). The SMILES string of the molecule is C=CC(=O)NCc1ccc(C(=O)NC(CC(C)(C)C)C(F)(F)F)cc1. The van der Waals surface area contributed by atoms with E-state index in [1.165, 1.54) is 12.1 Å². The molecule has 25 heavy (non-hydrogen) atoms. The van der Waals surface area contributed by atoms with E-state index < -0.39 is 23.5 Å². The predicted octanol–water partition coefficient (Wildman–Crippen LogP) is 3.59. The summed E-state index contributed by atoms with van der Waals surface area (Å²) in [7, 11) is 0. The van der Waals surface area contributed by atoms with Gasteiger partial charge >= 0.3 is 6.18 Å². The lowest BCUT2D eigenvalue weighted by Gasteiger charge is -2.28. The summed E-state index contributed by atoms with van der Waals surface area (Å²) in [5.41, 5.74) is 0.261. The van der Waals surface area contributed by atoms with Crippen LogP contribution in [0.1, 0.15) is 43.1 Å². The number of halogens is 3. The molecule has 0 bridgehead atoms. The maximum absolute atomic E-state index is 13.1. The maximum atomic E-state index is 13.1. The van der Waals surface area contributed by atoms with Crippen molar-refractivity contribution in [2.45, 2.75) is 46.0 Å². The number of hydrogen-bond donors (Lipinski definition) is 2. The molecule has 7 heteroatoms. The fraction of sp³-hybridized carbons (Fsp3) is 0.444. The zero-order valence-electron chi connectivity index (χ0n) is 14.5. The van der Waals surface area contributed by atoms with Crippen LogP contribution in [0.15, 0.2) is 36.9 Å². The molecule has 0 fully saturated rings. The van der Waals surface area contributed by atoms with Crippen LogP contribution >= 0.6 is 0 Å². The van der Waals surface area contributed by atoms with Crippen molar-refractivity contribution in [3.05, 3.63) is 48.0 Å². The number of carbonyl (C=O) groups is 2. The second kappa shape index (κ2) is 8.18. The lowest BCUT2D eigenvalue weighted by Crippen LogP contribution is -2.47. The molecule has 0 aromatic heterocycles. The maximum Gasteiger partial charge on any atom is 0.408 e. The first-order chi connectivity index (χ1) is 11.4. The minimum atomic E-state index is -4.52. The molecule has 1 atom stereocenters. The molecule has 0 spiro atoms. The van der Waals surface area contributed by atoms with Gasteiger partial charge in [-0.1, -0.05) is 39.5 Å². The summed E-state index contributed by atoms with van der Waals surface area (Å²) in [6.45, 7) is 8.62. The zero-order chi connectivity index (χ0) is 19.3. The van der Waals surface area contributed by atoms with E-state index in [1.807, 2.05) is 0 Å². The lowest BCUT2D eigenvalue weighted by atomic mass is 9.87. The molecule has 0 saturated carbocycles. The molecule has 4 nitrogen and oxygen atoms in total. The number of alkyl halides is 3. The van der Waals surface area contributed by atoms with Gasteiger partial charge in [0.25, 0.3) is 5.91 Å². The van der Waals surface area contributed by atoms with Crippen LogP contribution in [0.3, 0.4) is 0 Å². The molecule has 0 aliphatic carbocycles. The Morgan fingerprint density at radius 3 is 2.16 bits per heavy atom. The number of hydrogen-bond acceptors (Lipinski definition) is 2. The zero-order valence-corrected chi connectivity index (χ0v) is 14.5. The van der Waals surface area contributed by atoms with Crippen LogP contribution in [0.2, 0.25) is 0 Å². The van der Waals surface area contributed by atoms with Gasteiger partial charge in [-0.15, -0.1) is 0 Å². The molecular formula is C18H23F3N2O2. The first-order valence-corrected chi connectivity index (χ1v) is 7.79. The normalized spacial score (nSPS) is 13.0. The Kier molecular flexibility index (Phi) is 6.78. The molecular weight excluding hydrogens is 333 g/mol. The summed E-state index contributed by atoms with van der Waals surface area (Å²) in [6.07, 6.45) is -3.60. The quantitative estimate of drug-likeness (QED) is 0.766. The van der Waals surface area contributed by atoms with Crippen molar-refractivity contribution in [2.24, 2.45) is 5.41 Å². The molecule has 1 aromatic rings. The summed E-state index contributed by atoms with van der Waals surface area (Å²) >= 11 is 0. The van der Waals surface area contributed by atoms with Gasteiger partial charge in [-0.3, -0.25) is 9.59 Å². The highest BCUT2D eigenvalue weighted by molar-refractivity contribution is 5.94. The third-order valence-electron chi connectivity index (χ3n) is 3.39. The van der Waals surface area contributed by atoms with Crippen molar-refractivity contribution in [1.82, 2.24) is 10.6 Å². The highest BCUT2D eigenvalue weighted by atomic mass is 19.4. The number of nitrogens with one attached hydrogen (secondary N) is 2. The molecule has 1 unspecified atom stereocenters. The molecule has 0 saturated heterocycles. The molecule has 2 amide bonds. The van der Waals surface area contributed by atoms with Crippen molar-refractivity contribution in [3.8, 4) is 0 Å². The van der Waals surface area contributed by atoms with Crippen LogP contribution in [0.5, 0.6) is 0 Å². The number of benzene rings is 1. The Bertz CT molecular complexity index is 617. The van der Waals surface area contributed by atoms with E-state index >= 15 is 0 Å². The molecule has 138 valence electrons. The van der Waals surface area contributed by atoms with Gasteiger partial charge in [-0.25, -0.2) is 0 Å². The number of carbonyl (C=O) groups excluding carboxylic acids is 2. The number of rotatable bonds is 6. The topological polar surface area (TPSA) is 58.2 Å². The Hall–Kier alpha value is -2.31. The summed E-state index contributed by atoms with van der Waals surface area (Å²) in [5.74, 6) is -1.12. The van der Waals surface area contributed by atoms with Gasteiger partial charge in [0.2, 0.25) is 5.91 Å². The van der Waals surface area contributed by atoms with Crippen molar-refractivity contribution < 1.29 is 22.8 Å². The Balaban J connectivity index is 2.77. The third kappa shape index (κ3) is 7.41. The van der Waals surface area contributed by atoms with Gasteiger partial charge in [0.15, 0.2) is 0 Å². The fourth-order valence-corrected chi connectivity index (χ4v) is 2.14.